The number of benzene rings is 2. The third-order valence-corrected chi connectivity index (χ3v) is 5.28. The number of ether oxygens (including phenoxy) is 1. The Kier molecular flexibility index (Phi) is 4.24. The Morgan fingerprint density at radius 1 is 1.15 bits per heavy atom. The number of carbonyl (C=O) groups is 2. The molecule has 2 aromatic rings. The number of amides is 1. The molecule has 1 aliphatic carbocycles. The fourth-order valence-electron chi connectivity index (χ4n) is 3.93. The zero-order valence-corrected chi connectivity index (χ0v) is 14.4. The summed E-state index contributed by atoms with van der Waals surface area (Å²) in [5.41, 5.74) is 1.68. The van der Waals surface area contributed by atoms with Crippen LogP contribution in [0.3, 0.4) is 0 Å². The van der Waals surface area contributed by atoms with Gasteiger partial charge in [-0.1, -0.05) is 54.6 Å². The molecule has 0 unspecified atom stereocenters. The average molecular weight is 351 g/mol. The van der Waals surface area contributed by atoms with E-state index in [2.05, 4.69) is 5.32 Å². The molecule has 0 saturated carbocycles. The summed E-state index contributed by atoms with van der Waals surface area (Å²) in [7, 11) is 0. The van der Waals surface area contributed by atoms with Gasteiger partial charge in [0.05, 0.1) is 12.1 Å². The molecule has 1 heterocycles. The Balaban J connectivity index is 1.59. The number of carbonyl (C=O) groups excluding carboxylic acids is 2. The highest BCUT2D eigenvalue weighted by molar-refractivity contribution is 5.91. The molecule has 0 radical (unpaired) electrons. The van der Waals surface area contributed by atoms with Gasteiger partial charge in [0, 0.05) is 25.7 Å². The topological polar surface area (TPSA) is 75.6 Å². The van der Waals surface area contributed by atoms with Crippen molar-refractivity contribution in [1.82, 2.24) is 5.32 Å². The standard InChI is InChI=1S/C21H21NO4/c23-17-12-15-8-4-5-9-16(15)19(17)22-20(25)21(11-10-18(24)26-21)13-14-6-2-1-3-7-14/h1-9,17,19,23H,10-13H2,(H,22,25)/t17-,19+,21+/m1/s1. The first-order chi connectivity index (χ1) is 12.6. The average Bonchev–Trinajstić information content (AvgIpc) is 3.17. The molecular formula is C21H21NO4. The quantitative estimate of drug-likeness (QED) is 0.827. The highest BCUT2D eigenvalue weighted by Gasteiger charge is 2.48. The zero-order valence-electron chi connectivity index (χ0n) is 14.4. The summed E-state index contributed by atoms with van der Waals surface area (Å²) in [4.78, 5) is 24.9. The monoisotopic (exact) mass is 351 g/mol. The molecule has 1 aliphatic heterocycles. The van der Waals surface area contributed by atoms with Crippen molar-refractivity contribution in [1.29, 1.82) is 0 Å². The minimum Gasteiger partial charge on any atom is -0.449 e. The molecule has 1 fully saturated rings. The normalized spacial score (nSPS) is 27.0. The molecule has 2 N–H and O–H groups in total. The lowest BCUT2D eigenvalue weighted by Gasteiger charge is -2.29. The first-order valence-corrected chi connectivity index (χ1v) is 8.90. The van der Waals surface area contributed by atoms with E-state index in [9.17, 15) is 14.7 Å². The maximum absolute atomic E-state index is 13.1. The Morgan fingerprint density at radius 2 is 1.88 bits per heavy atom. The number of aliphatic hydroxyl groups excluding tert-OH is 1. The van der Waals surface area contributed by atoms with Crippen LogP contribution in [-0.2, 0) is 27.2 Å². The molecule has 134 valence electrons. The third-order valence-electron chi connectivity index (χ3n) is 5.28. The van der Waals surface area contributed by atoms with Crippen LogP contribution in [0.15, 0.2) is 54.6 Å². The van der Waals surface area contributed by atoms with Crippen LogP contribution < -0.4 is 5.32 Å². The zero-order chi connectivity index (χ0) is 18.1. The molecule has 5 heteroatoms. The largest absolute Gasteiger partial charge is 0.449 e. The Bertz CT molecular complexity index is 835. The summed E-state index contributed by atoms with van der Waals surface area (Å²) in [6, 6.07) is 16.7. The predicted octanol–water partition coefficient (Wildman–Crippen LogP) is 2.08. The Morgan fingerprint density at radius 3 is 2.62 bits per heavy atom. The Labute approximate surface area is 152 Å². The van der Waals surface area contributed by atoms with Crippen molar-refractivity contribution in [3.63, 3.8) is 0 Å². The molecule has 3 atom stereocenters. The van der Waals surface area contributed by atoms with Crippen molar-refractivity contribution in [2.45, 2.75) is 43.4 Å². The van der Waals surface area contributed by atoms with Gasteiger partial charge in [-0.2, -0.15) is 0 Å². The maximum Gasteiger partial charge on any atom is 0.307 e. The molecule has 5 nitrogen and oxygen atoms in total. The summed E-state index contributed by atoms with van der Waals surface area (Å²) < 4.78 is 5.52. The summed E-state index contributed by atoms with van der Waals surface area (Å²) >= 11 is 0. The fourth-order valence-corrected chi connectivity index (χ4v) is 3.93. The van der Waals surface area contributed by atoms with E-state index in [4.69, 9.17) is 4.74 Å². The van der Waals surface area contributed by atoms with Gasteiger partial charge in [0.1, 0.15) is 0 Å². The number of aliphatic hydroxyl groups is 1. The van der Waals surface area contributed by atoms with Crippen LogP contribution in [0.25, 0.3) is 0 Å². The van der Waals surface area contributed by atoms with Crippen LogP contribution in [0.1, 0.15) is 35.6 Å². The molecular weight excluding hydrogens is 330 g/mol. The SMILES string of the molecule is O=C1CC[C@](Cc2ccccc2)(C(=O)N[C@H]2c3ccccc3C[C@H]2O)O1. The lowest BCUT2D eigenvalue weighted by Crippen LogP contribution is -2.50. The minimum atomic E-state index is -1.21. The van der Waals surface area contributed by atoms with Crippen molar-refractivity contribution < 1.29 is 19.4 Å². The van der Waals surface area contributed by atoms with E-state index in [0.29, 0.717) is 19.3 Å². The molecule has 4 rings (SSSR count). The van der Waals surface area contributed by atoms with E-state index in [1.54, 1.807) is 0 Å². The molecule has 26 heavy (non-hydrogen) atoms. The minimum absolute atomic E-state index is 0.226. The Hall–Kier alpha value is -2.66. The molecule has 0 spiro atoms. The lowest BCUT2D eigenvalue weighted by molar-refractivity contribution is -0.159. The summed E-state index contributed by atoms with van der Waals surface area (Å²) in [5.74, 6) is -0.698. The predicted molar refractivity (Wildman–Crippen MR) is 95.2 cm³/mol. The first kappa shape index (κ1) is 16.8. The second-order valence-corrected chi connectivity index (χ2v) is 7.05. The molecule has 2 aliphatic rings. The smallest absolute Gasteiger partial charge is 0.307 e. The van der Waals surface area contributed by atoms with Crippen molar-refractivity contribution in [2.24, 2.45) is 0 Å². The number of cyclic esters (lactones) is 1. The van der Waals surface area contributed by atoms with Gasteiger partial charge >= 0.3 is 5.97 Å². The number of hydrogen-bond donors (Lipinski definition) is 2. The first-order valence-electron chi connectivity index (χ1n) is 8.90. The van der Waals surface area contributed by atoms with Gasteiger partial charge in [-0.3, -0.25) is 9.59 Å². The van der Waals surface area contributed by atoms with Crippen LogP contribution in [-0.4, -0.2) is 28.7 Å². The lowest BCUT2D eigenvalue weighted by atomic mass is 9.90. The van der Waals surface area contributed by atoms with Gasteiger partial charge in [-0.15, -0.1) is 0 Å². The summed E-state index contributed by atoms with van der Waals surface area (Å²) in [6.07, 6.45) is 0.728. The van der Waals surface area contributed by atoms with E-state index >= 15 is 0 Å². The third kappa shape index (κ3) is 2.99. The second kappa shape index (κ2) is 6.57. The van der Waals surface area contributed by atoms with Gasteiger partial charge in [-0.25, -0.2) is 0 Å². The number of esters is 1. The second-order valence-electron chi connectivity index (χ2n) is 7.05. The molecule has 1 saturated heterocycles. The number of nitrogens with one attached hydrogen (secondary N) is 1. The van der Waals surface area contributed by atoms with Crippen LogP contribution in [0.4, 0.5) is 0 Å². The highest BCUT2D eigenvalue weighted by Crippen LogP contribution is 2.35. The highest BCUT2D eigenvalue weighted by atomic mass is 16.6. The van der Waals surface area contributed by atoms with Crippen LogP contribution in [0, 0.1) is 0 Å². The van der Waals surface area contributed by atoms with E-state index < -0.39 is 17.7 Å². The number of fused-ring (bicyclic) bond motifs is 1. The van der Waals surface area contributed by atoms with E-state index in [1.165, 1.54) is 0 Å². The van der Waals surface area contributed by atoms with Crippen molar-refractivity contribution in [2.75, 3.05) is 0 Å². The summed E-state index contributed by atoms with van der Waals surface area (Å²) in [6.45, 7) is 0. The van der Waals surface area contributed by atoms with Crippen molar-refractivity contribution >= 4 is 11.9 Å². The van der Waals surface area contributed by atoms with Gasteiger partial charge in [0.25, 0.3) is 5.91 Å². The van der Waals surface area contributed by atoms with Crippen LogP contribution in [0.2, 0.25) is 0 Å². The van der Waals surface area contributed by atoms with Gasteiger partial charge in [0.2, 0.25) is 0 Å². The van der Waals surface area contributed by atoms with E-state index in [1.807, 2.05) is 54.6 Å². The summed E-state index contributed by atoms with van der Waals surface area (Å²) in [5, 5.41) is 13.3. The molecule has 2 aromatic carbocycles. The molecule has 0 bridgehead atoms. The van der Waals surface area contributed by atoms with Gasteiger partial charge < -0.3 is 15.2 Å². The van der Waals surface area contributed by atoms with Gasteiger partial charge in [-0.05, 0) is 16.7 Å². The fraction of sp³-hybridized carbons (Fsp3) is 0.333. The maximum atomic E-state index is 13.1. The van der Waals surface area contributed by atoms with E-state index in [-0.39, 0.29) is 18.3 Å². The van der Waals surface area contributed by atoms with Gasteiger partial charge in [0.15, 0.2) is 5.60 Å². The molecule has 0 aromatic heterocycles. The van der Waals surface area contributed by atoms with E-state index in [0.717, 1.165) is 16.7 Å². The number of rotatable bonds is 4. The number of hydrogen-bond acceptors (Lipinski definition) is 4. The molecule has 1 amide bonds. The van der Waals surface area contributed by atoms with Crippen molar-refractivity contribution in [3.8, 4) is 0 Å². The van der Waals surface area contributed by atoms with Crippen LogP contribution >= 0.6 is 0 Å². The van der Waals surface area contributed by atoms with Crippen LogP contribution in [0.5, 0.6) is 0 Å². The van der Waals surface area contributed by atoms with Crippen molar-refractivity contribution in [3.05, 3.63) is 71.3 Å².